The van der Waals surface area contributed by atoms with E-state index in [9.17, 15) is 5.11 Å². The van der Waals surface area contributed by atoms with Crippen molar-refractivity contribution in [3.05, 3.63) is 23.8 Å². The minimum Gasteiger partial charge on any atom is -0.541 e. The van der Waals surface area contributed by atoms with E-state index in [0.717, 1.165) is 30.6 Å². The van der Waals surface area contributed by atoms with Crippen LogP contribution in [0.15, 0.2) is 18.2 Å². The topological polar surface area (TPSA) is 66.4 Å². The highest BCUT2D eigenvalue weighted by Crippen LogP contribution is 2.78. The number of ether oxygens (including phenoxy) is 2. The van der Waals surface area contributed by atoms with Gasteiger partial charge in [-0.2, -0.15) is 4.89 Å². The maximum Gasteiger partial charge on any atom is 0.261 e. The summed E-state index contributed by atoms with van der Waals surface area (Å²) in [5.41, 5.74) is 0.352. The maximum absolute atomic E-state index is 9.31. The summed E-state index contributed by atoms with van der Waals surface area (Å²) in [6.07, 6.45) is 4.64. The van der Waals surface area contributed by atoms with Crippen molar-refractivity contribution in [2.45, 2.75) is 103 Å². The minimum atomic E-state index is -2.12. The van der Waals surface area contributed by atoms with Gasteiger partial charge in [0, 0.05) is 17.6 Å². The number of hydrogen-bond acceptors (Lipinski definition) is 6. The van der Waals surface area contributed by atoms with E-state index in [1.165, 1.54) is 6.42 Å². The third kappa shape index (κ3) is 3.71. The fourth-order valence-electron chi connectivity index (χ4n) is 6.41. The summed E-state index contributed by atoms with van der Waals surface area (Å²) in [4.78, 5) is 12.3. The predicted octanol–water partition coefficient (Wildman–Crippen LogP) is 6.57. The van der Waals surface area contributed by atoms with Gasteiger partial charge in [0.2, 0.25) is 0 Å². The lowest BCUT2D eigenvalue weighted by atomic mass is 9.60. The zero-order valence-electron chi connectivity index (χ0n) is 23.2. The zero-order chi connectivity index (χ0) is 25.9. The second-order valence-electron chi connectivity index (χ2n) is 13.1. The molecule has 1 spiro atoms. The van der Waals surface area contributed by atoms with Gasteiger partial charge in [0.25, 0.3) is 14.1 Å². The molecule has 4 rings (SSSR count). The van der Waals surface area contributed by atoms with Gasteiger partial charge in [-0.05, 0) is 79.8 Å². The van der Waals surface area contributed by atoms with Gasteiger partial charge in [-0.15, -0.1) is 0 Å². The molecule has 1 aliphatic heterocycles. The standard InChI is InChI=1S/C28H46O6Si/c1-24(2,3)35(8,9)32-23-18-20(12-13-22(23)30-7)28(31-17-11-10-16-29)27(33-34-28)19-21-14-15-26(27,6)25(21,4)5/h12-13,18,21,29H,10-11,14-17,19H2,1-9H3. The molecule has 1 N–H and O–H groups in total. The number of aliphatic hydroxyl groups is 1. The Morgan fingerprint density at radius 2 is 1.80 bits per heavy atom. The molecule has 0 amide bonds. The van der Waals surface area contributed by atoms with Crippen molar-refractivity contribution in [2.24, 2.45) is 16.7 Å². The van der Waals surface area contributed by atoms with Crippen LogP contribution < -0.4 is 9.16 Å². The molecule has 2 bridgehead atoms. The quantitative estimate of drug-likeness (QED) is 0.232. The van der Waals surface area contributed by atoms with Crippen molar-refractivity contribution in [3.63, 3.8) is 0 Å². The van der Waals surface area contributed by atoms with Crippen LogP contribution in [-0.4, -0.2) is 39.3 Å². The van der Waals surface area contributed by atoms with Crippen LogP contribution in [-0.2, 0) is 20.3 Å². The molecule has 198 valence electrons. The van der Waals surface area contributed by atoms with Crippen LogP contribution in [0, 0.1) is 16.7 Å². The summed E-state index contributed by atoms with van der Waals surface area (Å²) in [6.45, 7) is 18.9. The van der Waals surface area contributed by atoms with Crippen molar-refractivity contribution >= 4 is 8.32 Å². The Labute approximate surface area is 212 Å². The SMILES string of the molecule is COc1ccc(C2(OCCCCO)OOC23CC2CCC3(C)C2(C)C)cc1O[Si](C)(C)C(C)(C)C. The number of rotatable bonds is 9. The van der Waals surface area contributed by atoms with Crippen molar-refractivity contribution in [1.82, 2.24) is 0 Å². The number of aliphatic hydroxyl groups excluding tert-OH is 1. The first kappa shape index (κ1) is 26.9. The van der Waals surface area contributed by atoms with Crippen LogP contribution in [0.5, 0.6) is 11.5 Å². The van der Waals surface area contributed by atoms with Crippen molar-refractivity contribution in [1.29, 1.82) is 0 Å². The van der Waals surface area contributed by atoms with Crippen LogP contribution in [0.4, 0.5) is 0 Å². The number of methoxy groups -OCH3 is 1. The number of unbranched alkanes of at least 4 members (excludes halogenated alkanes) is 1. The average molecular weight is 507 g/mol. The Kier molecular flexibility index (Phi) is 6.71. The lowest BCUT2D eigenvalue weighted by Gasteiger charge is -2.62. The molecule has 0 radical (unpaired) electrons. The molecular formula is C28H46O6Si. The third-order valence-electron chi connectivity index (χ3n) is 10.3. The number of hydrogen-bond donors (Lipinski definition) is 1. The molecule has 3 aliphatic rings. The van der Waals surface area contributed by atoms with Gasteiger partial charge in [0.15, 0.2) is 11.4 Å². The second kappa shape index (κ2) is 8.73. The molecule has 2 saturated carbocycles. The van der Waals surface area contributed by atoms with Crippen LogP contribution >= 0.6 is 0 Å². The molecule has 7 heteroatoms. The first-order valence-corrected chi connectivity index (χ1v) is 16.1. The van der Waals surface area contributed by atoms with E-state index in [-0.39, 0.29) is 22.5 Å². The van der Waals surface area contributed by atoms with Gasteiger partial charge in [-0.25, -0.2) is 4.89 Å². The predicted molar refractivity (Wildman–Crippen MR) is 139 cm³/mol. The first-order valence-electron chi connectivity index (χ1n) is 13.2. The highest BCUT2D eigenvalue weighted by atomic mass is 28.4. The number of fused-ring (bicyclic) bond motifs is 3. The summed E-state index contributed by atoms with van der Waals surface area (Å²) in [5, 5.41) is 9.36. The highest BCUT2D eigenvalue weighted by Gasteiger charge is 2.83. The normalized spacial score (nSPS) is 33.7. The molecule has 1 aromatic carbocycles. The van der Waals surface area contributed by atoms with Crippen LogP contribution in [0.3, 0.4) is 0 Å². The van der Waals surface area contributed by atoms with Gasteiger partial charge in [0.05, 0.1) is 13.7 Å². The Balaban J connectivity index is 1.79. The first-order chi connectivity index (χ1) is 16.2. The smallest absolute Gasteiger partial charge is 0.261 e. The third-order valence-corrected chi connectivity index (χ3v) is 14.6. The molecule has 0 aromatic heterocycles. The fourth-order valence-corrected chi connectivity index (χ4v) is 7.43. The van der Waals surface area contributed by atoms with E-state index in [2.05, 4.69) is 60.7 Å². The Hall–Kier alpha value is -1.12. The van der Waals surface area contributed by atoms with E-state index in [1.54, 1.807) is 7.11 Å². The van der Waals surface area contributed by atoms with Gasteiger partial charge in [0.1, 0.15) is 5.75 Å². The Bertz CT molecular complexity index is 940. The molecule has 2 aliphatic carbocycles. The van der Waals surface area contributed by atoms with Crippen LogP contribution in [0.2, 0.25) is 18.1 Å². The summed E-state index contributed by atoms with van der Waals surface area (Å²) in [5.74, 6) is 0.968. The Morgan fingerprint density at radius 3 is 2.29 bits per heavy atom. The molecule has 3 fully saturated rings. The van der Waals surface area contributed by atoms with Crippen molar-refractivity contribution in [2.75, 3.05) is 20.3 Å². The van der Waals surface area contributed by atoms with E-state index in [0.29, 0.717) is 24.7 Å². The van der Waals surface area contributed by atoms with Crippen molar-refractivity contribution < 1.29 is 28.8 Å². The maximum atomic E-state index is 9.31. The molecule has 1 aromatic rings. The monoisotopic (exact) mass is 506 g/mol. The lowest BCUT2D eigenvalue weighted by molar-refractivity contribution is -0.639. The summed E-state index contributed by atoms with van der Waals surface area (Å²) in [6, 6.07) is 6.06. The van der Waals surface area contributed by atoms with E-state index in [4.69, 9.17) is 23.7 Å². The van der Waals surface area contributed by atoms with Gasteiger partial charge < -0.3 is 19.0 Å². The zero-order valence-corrected chi connectivity index (χ0v) is 24.2. The summed E-state index contributed by atoms with van der Waals surface area (Å²) >= 11 is 0. The highest BCUT2D eigenvalue weighted by molar-refractivity contribution is 6.74. The largest absolute Gasteiger partial charge is 0.541 e. The molecule has 1 saturated heterocycles. The molecule has 1 heterocycles. The number of benzene rings is 1. The van der Waals surface area contributed by atoms with E-state index < -0.39 is 19.7 Å². The van der Waals surface area contributed by atoms with E-state index in [1.807, 2.05) is 12.1 Å². The summed E-state index contributed by atoms with van der Waals surface area (Å²) < 4.78 is 19.1. The van der Waals surface area contributed by atoms with E-state index >= 15 is 0 Å². The molecule has 4 unspecified atom stereocenters. The molecule has 6 nitrogen and oxygen atoms in total. The molecule has 35 heavy (non-hydrogen) atoms. The van der Waals surface area contributed by atoms with Gasteiger partial charge >= 0.3 is 0 Å². The van der Waals surface area contributed by atoms with Crippen LogP contribution in [0.1, 0.15) is 79.2 Å². The van der Waals surface area contributed by atoms with Gasteiger partial charge in [-0.1, -0.05) is 41.5 Å². The fraction of sp³-hybridized carbons (Fsp3) is 0.786. The molecule has 4 atom stereocenters. The van der Waals surface area contributed by atoms with Gasteiger partial charge in [-0.3, -0.25) is 0 Å². The summed E-state index contributed by atoms with van der Waals surface area (Å²) in [7, 11) is -0.436. The lowest BCUT2D eigenvalue weighted by Crippen LogP contribution is -2.72. The molecular weight excluding hydrogens is 460 g/mol. The Morgan fingerprint density at radius 1 is 1.09 bits per heavy atom. The van der Waals surface area contributed by atoms with Crippen molar-refractivity contribution in [3.8, 4) is 11.5 Å². The van der Waals surface area contributed by atoms with Crippen LogP contribution in [0.25, 0.3) is 0 Å². The average Bonchev–Trinajstić information content (AvgIpc) is 3.10. The second-order valence-corrected chi connectivity index (χ2v) is 17.8. The minimum absolute atomic E-state index is 0.0475.